The Labute approximate surface area is 105 Å². The number of halogens is 1. The van der Waals surface area contributed by atoms with Crippen molar-refractivity contribution in [2.24, 2.45) is 5.73 Å². The second kappa shape index (κ2) is 5.35. The molecule has 1 atom stereocenters. The van der Waals surface area contributed by atoms with E-state index < -0.39 is 0 Å². The molecule has 1 amide bonds. The number of carbonyl (C=O) groups is 1. The summed E-state index contributed by atoms with van der Waals surface area (Å²) in [6, 6.07) is 4.08. The maximum absolute atomic E-state index is 13.1. The fraction of sp³-hybridized carbons (Fsp3) is 0.462. The van der Waals surface area contributed by atoms with Gasteiger partial charge in [0.05, 0.1) is 0 Å². The predicted octanol–water partition coefficient (Wildman–Crippen LogP) is 1.50. The normalized spacial score (nSPS) is 16.2. The zero-order chi connectivity index (χ0) is 13.1. The summed E-state index contributed by atoms with van der Waals surface area (Å²) < 4.78 is 18.5. The Kier molecular flexibility index (Phi) is 3.81. The van der Waals surface area contributed by atoms with E-state index in [1.807, 2.05) is 0 Å². The van der Waals surface area contributed by atoms with Crippen LogP contribution in [-0.2, 0) is 4.79 Å². The molecule has 1 fully saturated rings. The Morgan fingerprint density at radius 3 is 2.94 bits per heavy atom. The van der Waals surface area contributed by atoms with Crippen LogP contribution in [0.15, 0.2) is 18.2 Å². The van der Waals surface area contributed by atoms with E-state index in [4.69, 9.17) is 10.5 Å². The summed E-state index contributed by atoms with van der Waals surface area (Å²) in [5.41, 5.74) is 6.30. The van der Waals surface area contributed by atoms with Gasteiger partial charge in [0.1, 0.15) is 11.6 Å². The quantitative estimate of drug-likeness (QED) is 0.834. The minimum absolute atomic E-state index is 0.0676. The lowest BCUT2D eigenvalue weighted by Crippen LogP contribution is -2.30. The van der Waals surface area contributed by atoms with Gasteiger partial charge in [-0.3, -0.25) is 4.79 Å². The van der Waals surface area contributed by atoms with Crippen molar-refractivity contribution in [2.75, 3.05) is 6.61 Å². The van der Waals surface area contributed by atoms with Crippen LogP contribution in [0, 0.1) is 5.82 Å². The molecule has 0 aliphatic heterocycles. The fourth-order valence-corrected chi connectivity index (χ4v) is 1.65. The molecule has 0 radical (unpaired) electrons. The number of nitrogens with one attached hydrogen (secondary N) is 1. The molecule has 1 saturated carbocycles. The van der Waals surface area contributed by atoms with Gasteiger partial charge in [0.15, 0.2) is 6.61 Å². The number of ether oxygens (including phenoxy) is 1. The molecular weight excluding hydrogens is 235 g/mol. The highest BCUT2D eigenvalue weighted by atomic mass is 19.1. The highest BCUT2D eigenvalue weighted by Gasteiger charge is 2.23. The average Bonchev–Trinajstić information content (AvgIpc) is 3.11. The van der Waals surface area contributed by atoms with Gasteiger partial charge in [-0.05, 0) is 38.0 Å². The minimum Gasteiger partial charge on any atom is -0.483 e. The third-order valence-corrected chi connectivity index (χ3v) is 2.76. The summed E-state index contributed by atoms with van der Waals surface area (Å²) in [5.74, 6) is -0.0631. The van der Waals surface area contributed by atoms with Crippen molar-refractivity contribution in [3.05, 3.63) is 29.6 Å². The Balaban J connectivity index is 1.96. The number of amides is 1. The molecule has 5 heteroatoms. The van der Waals surface area contributed by atoms with Crippen molar-refractivity contribution in [1.82, 2.24) is 5.32 Å². The minimum atomic E-state index is -0.364. The second-order valence-corrected chi connectivity index (χ2v) is 4.60. The predicted molar refractivity (Wildman–Crippen MR) is 65.7 cm³/mol. The molecule has 0 unspecified atom stereocenters. The number of nitrogens with two attached hydrogens (primary N) is 1. The van der Waals surface area contributed by atoms with Gasteiger partial charge in [-0.2, -0.15) is 0 Å². The topological polar surface area (TPSA) is 64.3 Å². The Bertz CT molecular complexity index is 445. The zero-order valence-corrected chi connectivity index (χ0v) is 10.3. The van der Waals surface area contributed by atoms with Crippen LogP contribution in [0.1, 0.15) is 31.4 Å². The van der Waals surface area contributed by atoms with Crippen LogP contribution in [-0.4, -0.2) is 18.6 Å². The van der Waals surface area contributed by atoms with E-state index in [0.29, 0.717) is 17.4 Å². The number of hydrogen-bond acceptors (Lipinski definition) is 3. The van der Waals surface area contributed by atoms with Gasteiger partial charge < -0.3 is 15.8 Å². The highest BCUT2D eigenvalue weighted by Crippen LogP contribution is 2.24. The summed E-state index contributed by atoms with van der Waals surface area (Å²) in [5, 5.41) is 2.81. The van der Waals surface area contributed by atoms with Crippen molar-refractivity contribution in [2.45, 2.75) is 31.8 Å². The lowest BCUT2D eigenvalue weighted by Gasteiger charge is -2.14. The van der Waals surface area contributed by atoms with Gasteiger partial charge in [-0.15, -0.1) is 0 Å². The lowest BCUT2D eigenvalue weighted by atomic mass is 10.1. The van der Waals surface area contributed by atoms with Crippen LogP contribution >= 0.6 is 0 Å². The Hall–Kier alpha value is -1.62. The molecule has 1 aliphatic carbocycles. The fourth-order valence-electron chi connectivity index (χ4n) is 1.65. The SMILES string of the molecule is C[C@H](N)c1cc(F)ccc1OCC(=O)NC1CC1. The van der Waals surface area contributed by atoms with Crippen LogP contribution in [0.4, 0.5) is 4.39 Å². The number of carbonyl (C=O) groups excluding carboxylic acids is 1. The first-order valence-corrected chi connectivity index (χ1v) is 6.03. The molecular formula is C13H17FN2O2. The highest BCUT2D eigenvalue weighted by molar-refractivity contribution is 5.78. The van der Waals surface area contributed by atoms with E-state index in [1.54, 1.807) is 6.92 Å². The molecule has 0 heterocycles. The van der Waals surface area contributed by atoms with Crippen LogP contribution in [0.25, 0.3) is 0 Å². The van der Waals surface area contributed by atoms with E-state index in [-0.39, 0.29) is 24.4 Å². The Morgan fingerprint density at radius 2 is 2.33 bits per heavy atom. The summed E-state index contributed by atoms with van der Waals surface area (Å²) >= 11 is 0. The van der Waals surface area contributed by atoms with Crippen molar-refractivity contribution < 1.29 is 13.9 Å². The number of hydrogen-bond donors (Lipinski definition) is 2. The molecule has 98 valence electrons. The maximum Gasteiger partial charge on any atom is 0.258 e. The molecule has 2 rings (SSSR count). The van der Waals surface area contributed by atoms with E-state index in [9.17, 15) is 9.18 Å². The molecule has 18 heavy (non-hydrogen) atoms. The summed E-state index contributed by atoms with van der Waals surface area (Å²) in [6.07, 6.45) is 2.07. The van der Waals surface area contributed by atoms with E-state index >= 15 is 0 Å². The summed E-state index contributed by atoms with van der Waals surface area (Å²) in [4.78, 5) is 11.5. The first kappa shape index (κ1) is 12.8. The van der Waals surface area contributed by atoms with Crippen LogP contribution < -0.4 is 15.8 Å². The smallest absolute Gasteiger partial charge is 0.258 e. The standard InChI is InChI=1S/C13H17FN2O2/c1-8(15)11-6-9(14)2-5-12(11)18-7-13(17)16-10-3-4-10/h2,5-6,8,10H,3-4,7,15H2,1H3,(H,16,17)/t8-/m0/s1. The van der Waals surface area contributed by atoms with Crippen LogP contribution in [0.2, 0.25) is 0 Å². The molecule has 1 aromatic rings. The average molecular weight is 252 g/mol. The van der Waals surface area contributed by atoms with Crippen LogP contribution in [0.5, 0.6) is 5.75 Å². The van der Waals surface area contributed by atoms with E-state index in [1.165, 1.54) is 18.2 Å². The van der Waals surface area contributed by atoms with Gasteiger partial charge in [0.2, 0.25) is 0 Å². The van der Waals surface area contributed by atoms with Crippen LogP contribution in [0.3, 0.4) is 0 Å². The largest absolute Gasteiger partial charge is 0.483 e. The van der Waals surface area contributed by atoms with Gasteiger partial charge in [-0.1, -0.05) is 0 Å². The van der Waals surface area contributed by atoms with Gasteiger partial charge >= 0.3 is 0 Å². The monoisotopic (exact) mass is 252 g/mol. The molecule has 0 bridgehead atoms. The first-order valence-electron chi connectivity index (χ1n) is 6.03. The molecule has 0 spiro atoms. The van der Waals surface area contributed by atoms with Crippen molar-refractivity contribution in [1.29, 1.82) is 0 Å². The first-order chi connectivity index (χ1) is 8.56. The van der Waals surface area contributed by atoms with E-state index in [0.717, 1.165) is 12.8 Å². The number of rotatable bonds is 5. The third-order valence-electron chi connectivity index (χ3n) is 2.76. The molecule has 0 saturated heterocycles. The van der Waals surface area contributed by atoms with Gasteiger partial charge in [0, 0.05) is 17.6 Å². The van der Waals surface area contributed by atoms with Crippen molar-refractivity contribution in [3.63, 3.8) is 0 Å². The molecule has 1 aliphatic rings. The summed E-state index contributed by atoms with van der Waals surface area (Å²) in [6.45, 7) is 1.67. The lowest BCUT2D eigenvalue weighted by molar-refractivity contribution is -0.123. The van der Waals surface area contributed by atoms with Gasteiger partial charge in [-0.25, -0.2) is 4.39 Å². The maximum atomic E-state index is 13.1. The second-order valence-electron chi connectivity index (χ2n) is 4.60. The van der Waals surface area contributed by atoms with Crippen molar-refractivity contribution >= 4 is 5.91 Å². The molecule has 1 aromatic carbocycles. The molecule has 0 aromatic heterocycles. The summed E-state index contributed by atoms with van der Waals surface area (Å²) in [7, 11) is 0. The molecule has 4 nitrogen and oxygen atoms in total. The Morgan fingerprint density at radius 1 is 1.61 bits per heavy atom. The third kappa shape index (κ3) is 3.43. The number of benzene rings is 1. The van der Waals surface area contributed by atoms with Gasteiger partial charge in [0.25, 0.3) is 5.91 Å². The zero-order valence-electron chi connectivity index (χ0n) is 10.3. The molecule has 3 N–H and O–H groups in total. The van der Waals surface area contributed by atoms with Crippen molar-refractivity contribution in [3.8, 4) is 5.75 Å². The van der Waals surface area contributed by atoms with E-state index in [2.05, 4.69) is 5.32 Å².